The van der Waals surface area contributed by atoms with Crippen molar-refractivity contribution in [3.05, 3.63) is 10.6 Å². The molecular weight excluding hydrogens is 156 g/mol. The average molecular weight is 163 g/mol. The van der Waals surface area contributed by atoms with Gasteiger partial charge >= 0.3 is 0 Å². The molecule has 0 N–H and O–H groups in total. The highest BCUT2D eigenvalue weighted by molar-refractivity contribution is 9.12. The number of carbonyl (C=O) groups is 1. The van der Waals surface area contributed by atoms with Crippen molar-refractivity contribution < 1.29 is 4.79 Å². The molecule has 0 saturated heterocycles. The summed E-state index contributed by atoms with van der Waals surface area (Å²) in [7, 11) is 0. The number of hydrogen-bond acceptors (Lipinski definition) is 1. The highest BCUT2D eigenvalue weighted by Crippen LogP contribution is 2.03. The van der Waals surface area contributed by atoms with Crippen LogP contribution in [0.4, 0.5) is 0 Å². The lowest BCUT2D eigenvalue weighted by Crippen LogP contribution is -1.85. The van der Waals surface area contributed by atoms with Gasteiger partial charge in [-0.3, -0.25) is 4.79 Å². The molecule has 1 nitrogen and oxygen atoms in total. The Bertz CT molecular complexity index is 105. The van der Waals surface area contributed by atoms with E-state index in [2.05, 4.69) is 15.9 Å². The van der Waals surface area contributed by atoms with Crippen molar-refractivity contribution in [1.29, 1.82) is 0 Å². The Morgan fingerprint density at radius 2 is 2.14 bits per heavy atom. The second-order valence-corrected chi connectivity index (χ2v) is 2.05. The lowest BCUT2D eigenvalue weighted by Gasteiger charge is -1.82. The molecule has 0 rings (SSSR count). The Kier molecular flexibility index (Phi) is 2.92. The van der Waals surface area contributed by atoms with Gasteiger partial charge in [-0.2, -0.15) is 0 Å². The summed E-state index contributed by atoms with van der Waals surface area (Å²) in [4.78, 5) is 10.3. The monoisotopic (exact) mass is 162 g/mol. The molecule has 0 aromatic heterocycles. The Labute approximate surface area is 51.5 Å². The van der Waals surface area contributed by atoms with Crippen LogP contribution in [0.25, 0.3) is 0 Å². The first-order valence-corrected chi connectivity index (χ1v) is 2.80. The third kappa shape index (κ3) is 2.57. The van der Waals surface area contributed by atoms with Crippen LogP contribution in [0.15, 0.2) is 10.6 Å². The van der Waals surface area contributed by atoms with E-state index in [1.54, 1.807) is 6.08 Å². The Balaban J connectivity index is 3.82. The molecule has 0 spiro atoms. The fourth-order valence-electron chi connectivity index (χ4n) is 0.203. The molecule has 0 aliphatic heterocycles. The van der Waals surface area contributed by atoms with Crippen LogP contribution in [0, 0.1) is 0 Å². The van der Waals surface area contributed by atoms with Crippen molar-refractivity contribution in [1.82, 2.24) is 0 Å². The first kappa shape index (κ1) is 6.89. The minimum atomic E-state index is 0.0718. The van der Waals surface area contributed by atoms with Crippen LogP contribution < -0.4 is 0 Å². The smallest absolute Gasteiger partial charge is 0.166 e. The van der Waals surface area contributed by atoms with Crippen LogP contribution in [0.1, 0.15) is 13.8 Å². The molecular formula is C5H7BrO. The van der Waals surface area contributed by atoms with E-state index in [4.69, 9.17) is 0 Å². The number of rotatable bonds is 1. The van der Waals surface area contributed by atoms with Gasteiger partial charge in [-0.1, -0.05) is 6.08 Å². The van der Waals surface area contributed by atoms with E-state index in [-0.39, 0.29) is 5.78 Å². The molecule has 0 amide bonds. The molecule has 0 unspecified atom stereocenters. The van der Waals surface area contributed by atoms with Gasteiger partial charge in [0.05, 0.1) is 4.48 Å². The van der Waals surface area contributed by atoms with Crippen molar-refractivity contribution in [2.75, 3.05) is 0 Å². The normalized spacial score (nSPS) is 11.6. The molecule has 7 heavy (non-hydrogen) atoms. The van der Waals surface area contributed by atoms with Crippen molar-refractivity contribution in [3.63, 3.8) is 0 Å². The fourth-order valence-corrected chi connectivity index (χ4v) is 0.203. The zero-order valence-electron chi connectivity index (χ0n) is 4.36. The van der Waals surface area contributed by atoms with Crippen LogP contribution in [-0.4, -0.2) is 5.78 Å². The van der Waals surface area contributed by atoms with Crippen molar-refractivity contribution in [2.24, 2.45) is 0 Å². The van der Waals surface area contributed by atoms with Gasteiger partial charge in [-0.05, 0) is 29.8 Å². The number of allylic oxidation sites excluding steroid dienone is 2. The molecule has 0 aromatic rings. The summed E-state index contributed by atoms with van der Waals surface area (Å²) < 4.78 is 0.646. The summed E-state index contributed by atoms with van der Waals surface area (Å²) in [5.41, 5.74) is 0. The minimum Gasteiger partial charge on any atom is -0.294 e. The van der Waals surface area contributed by atoms with Gasteiger partial charge in [0.25, 0.3) is 0 Å². The van der Waals surface area contributed by atoms with Gasteiger partial charge in [-0.15, -0.1) is 0 Å². The first-order chi connectivity index (χ1) is 3.18. The van der Waals surface area contributed by atoms with Crippen LogP contribution in [0.3, 0.4) is 0 Å². The highest BCUT2D eigenvalue weighted by atomic mass is 79.9. The van der Waals surface area contributed by atoms with Crippen LogP contribution in [0.5, 0.6) is 0 Å². The van der Waals surface area contributed by atoms with Crippen molar-refractivity contribution in [2.45, 2.75) is 13.8 Å². The standard InChI is InChI=1S/C5H7BrO/c1-3-5(6)4(2)7/h3H,1-2H3. The van der Waals surface area contributed by atoms with E-state index in [1.165, 1.54) is 6.92 Å². The van der Waals surface area contributed by atoms with Gasteiger partial charge in [0, 0.05) is 0 Å². The van der Waals surface area contributed by atoms with Gasteiger partial charge < -0.3 is 0 Å². The molecule has 0 saturated carbocycles. The molecule has 0 fully saturated rings. The number of Topliss-reactive ketones (excluding diaryl/α,β-unsaturated/α-hetero) is 1. The molecule has 0 radical (unpaired) electrons. The van der Waals surface area contributed by atoms with Crippen LogP contribution in [-0.2, 0) is 4.79 Å². The maximum Gasteiger partial charge on any atom is 0.166 e. The highest BCUT2D eigenvalue weighted by Gasteiger charge is 1.91. The van der Waals surface area contributed by atoms with E-state index in [9.17, 15) is 4.79 Å². The quantitative estimate of drug-likeness (QED) is 0.539. The predicted molar refractivity (Wildman–Crippen MR) is 33.4 cm³/mol. The number of ketones is 1. The fraction of sp³-hybridized carbons (Fsp3) is 0.400. The molecule has 2 heteroatoms. The molecule has 0 aliphatic rings. The zero-order valence-corrected chi connectivity index (χ0v) is 5.95. The number of hydrogen-bond donors (Lipinski definition) is 0. The predicted octanol–water partition coefficient (Wildman–Crippen LogP) is 1.87. The van der Waals surface area contributed by atoms with E-state index in [1.807, 2.05) is 6.92 Å². The number of halogens is 1. The number of carbonyl (C=O) groups excluding carboxylic acids is 1. The zero-order chi connectivity index (χ0) is 5.86. The molecule has 0 aliphatic carbocycles. The van der Waals surface area contributed by atoms with Crippen molar-refractivity contribution in [3.8, 4) is 0 Å². The second-order valence-electron chi connectivity index (χ2n) is 1.19. The first-order valence-electron chi connectivity index (χ1n) is 2.01. The average Bonchev–Trinajstić information content (AvgIpc) is 1.65. The lowest BCUT2D eigenvalue weighted by atomic mass is 10.4. The Hall–Kier alpha value is -0.110. The van der Waals surface area contributed by atoms with Gasteiger partial charge in [0.2, 0.25) is 0 Å². The summed E-state index contributed by atoms with van der Waals surface area (Å²) >= 11 is 3.05. The third-order valence-corrected chi connectivity index (χ3v) is 1.61. The van der Waals surface area contributed by atoms with Gasteiger partial charge in [-0.25, -0.2) is 0 Å². The molecule has 0 bridgehead atoms. The van der Waals surface area contributed by atoms with E-state index >= 15 is 0 Å². The van der Waals surface area contributed by atoms with E-state index in [0.717, 1.165) is 0 Å². The third-order valence-electron chi connectivity index (χ3n) is 0.590. The van der Waals surface area contributed by atoms with Gasteiger partial charge in [0.1, 0.15) is 0 Å². The topological polar surface area (TPSA) is 17.1 Å². The molecule has 0 atom stereocenters. The molecule has 0 aromatic carbocycles. The minimum absolute atomic E-state index is 0.0718. The summed E-state index contributed by atoms with van der Waals surface area (Å²) in [6.07, 6.45) is 1.72. The second kappa shape index (κ2) is 2.97. The van der Waals surface area contributed by atoms with Gasteiger partial charge in [0.15, 0.2) is 5.78 Å². The van der Waals surface area contributed by atoms with E-state index in [0.29, 0.717) is 4.48 Å². The summed E-state index contributed by atoms with van der Waals surface area (Å²) in [6, 6.07) is 0. The van der Waals surface area contributed by atoms with Crippen molar-refractivity contribution >= 4 is 21.7 Å². The Morgan fingerprint density at radius 1 is 1.71 bits per heavy atom. The van der Waals surface area contributed by atoms with Crippen LogP contribution in [0.2, 0.25) is 0 Å². The lowest BCUT2D eigenvalue weighted by molar-refractivity contribution is -0.112. The summed E-state index contributed by atoms with van der Waals surface area (Å²) in [6.45, 7) is 3.33. The van der Waals surface area contributed by atoms with E-state index < -0.39 is 0 Å². The SMILES string of the molecule is CC=C(Br)C(C)=O. The maximum atomic E-state index is 10.3. The largest absolute Gasteiger partial charge is 0.294 e. The molecule has 0 heterocycles. The Morgan fingerprint density at radius 3 is 2.14 bits per heavy atom. The summed E-state index contributed by atoms with van der Waals surface area (Å²) in [5, 5.41) is 0. The summed E-state index contributed by atoms with van der Waals surface area (Å²) in [5.74, 6) is 0.0718. The van der Waals surface area contributed by atoms with Crippen LogP contribution >= 0.6 is 15.9 Å². The molecule has 40 valence electrons. The maximum absolute atomic E-state index is 10.3.